The molecule has 4 nitrogen and oxygen atoms in total. The fourth-order valence-corrected chi connectivity index (χ4v) is 5.40. The molecule has 2 saturated heterocycles. The van der Waals surface area contributed by atoms with Crippen LogP contribution in [0.1, 0.15) is 30.6 Å². The van der Waals surface area contributed by atoms with Crippen molar-refractivity contribution in [3.8, 4) is 0 Å². The highest BCUT2D eigenvalue weighted by Crippen LogP contribution is 2.25. The van der Waals surface area contributed by atoms with Crippen molar-refractivity contribution in [2.24, 2.45) is 10.9 Å². The lowest BCUT2D eigenvalue weighted by Gasteiger charge is -2.32. The SMILES string of the molecule is CN=C(NCC1CCN(Cc2cccs2)CC1)NCC1CCCS1. The Morgan fingerprint density at radius 2 is 2.08 bits per heavy atom. The van der Waals surface area contributed by atoms with E-state index in [4.69, 9.17) is 0 Å². The molecule has 2 aliphatic rings. The van der Waals surface area contributed by atoms with Gasteiger partial charge in [0.15, 0.2) is 5.96 Å². The zero-order valence-corrected chi connectivity index (χ0v) is 16.3. The van der Waals surface area contributed by atoms with Crippen LogP contribution >= 0.6 is 23.1 Å². The van der Waals surface area contributed by atoms with Crippen LogP contribution < -0.4 is 10.6 Å². The fraction of sp³-hybridized carbons (Fsp3) is 0.722. The number of thiophene rings is 1. The van der Waals surface area contributed by atoms with Crippen LogP contribution in [0.25, 0.3) is 0 Å². The van der Waals surface area contributed by atoms with Crippen LogP contribution in [-0.2, 0) is 6.54 Å². The van der Waals surface area contributed by atoms with Crippen LogP contribution in [0.4, 0.5) is 0 Å². The molecule has 3 heterocycles. The lowest BCUT2D eigenvalue weighted by molar-refractivity contribution is 0.179. The topological polar surface area (TPSA) is 39.7 Å². The summed E-state index contributed by atoms with van der Waals surface area (Å²) in [6, 6.07) is 4.40. The van der Waals surface area contributed by atoms with Crippen molar-refractivity contribution in [2.45, 2.75) is 37.5 Å². The Kier molecular flexibility index (Phi) is 7.30. The highest BCUT2D eigenvalue weighted by atomic mass is 32.2. The summed E-state index contributed by atoms with van der Waals surface area (Å²) < 4.78 is 0. The molecule has 0 radical (unpaired) electrons. The first kappa shape index (κ1) is 18.1. The maximum absolute atomic E-state index is 4.37. The maximum atomic E-state index is 4.37. The summed E-state index contributed by atoms with van der Waals surface area (Å²) in [6.07, 6.45) is 5.28. The van der Waals surface area contributed by atoms with Crippen molar-refractivity contribution >= 4 is 29.1 Å². The predicted octanol–water partition coefficient (Wildman–Crippen LogP) is 3.02. The van der Waals surface area contributed by atoms with Crippen molar-refractivity contribution in [1.29, 1.82) is 0 Å². The maximum Gasteiger partial charge on any atom is 0.191 e. The predicted molar refractivity (Wildman–Crippen MR) is 107 cm³/mol. The van der Waals surface area contributed by atoms with E-state index in [1.165, 1.54) is 49.4 Å². The zero-order chi connectivity index (χ0) is 16.6. The average Bonchev–Trinajstić information content (AvgIpc) is 3.30. The quantitative estimate of drug-likeness (QED) is 0.600. The molecule has 1 atom stereocenters. The number of nitrogens with one attached hydrogen (secondary N) is 2. The highest BCUT2D eigenvalue weighted by molar-refractivity contribution is 8.00. The Morgan fingerprint density at radius 3 is 2.75 bits per heavy atom. The smallest absolute Gasteiger partial charge is 0.191 e. The van der Waals surface area contributed by atoms with E-state index in [0.29, 0.717) is 0 Å². The summed E-state index contributed by atoms with van der Waals surface area (Å²) in [6.45, 7) is 5.65. The Morgan fingerprint density at radius 1 is 1.25 bits per heavy atom. The van der Waals surface area contributed by atoms with Gasteiger partial charge in [-0.2, -0.15) is 11.8 Å². The van der Waals surface area contributed by atoms with E-state index in [-0.39, 0.29) is 0 Å². The van der Waals surface area contributed by atoms with Crippen LogP contribution in [0.2, 0.25) is 0 Å². The second-order valence-corrected chi connectivity index (χ2v) is 9.21. The molecule has 1 aromatic rings. The van der Waals surface area contributed by atoms with Gasteiger partial charge >= 0.3 is 0 Å². The molecule has 0 amide bonds. The fourth-order valence-electron chi connectivity index (χ4n) is 3.45. The zero-order valence-electron chi connectivity index (χ0n) is 14.7. The number of nitrogens with zero attached hydrogens (tertiary/aromatic N) is 2. The van der Waals surface area contributed by atoms with Crippen molar-refractivity contribution in [3.05, 3.63) is 22.4 Å². The second-order valence-electron chi connectivity index (χ2n) is 6.77. The van der Waals surface area contributed by atoms with Gasteiger partial charge in [-0.15, -0.1) is 11.3 Å². The summed E-state index contributed by atoms with van der Waals surface area (Å²) in [5.41, 5.74) is 0. The van der Waals surface area contributed by atoms with Gasteiger partial charge in [-0.25, -0.2) is 0 Å². The molecular formula is C18H30N4S2. The molecule has 0 saturated carbocycles. The Hall–Kier alpha value is -0.720. The molecule has 6 heteroatoms. The number of thioether (sulfide) groups is 1. The van der Waals surface area contributed by atoms with E-state index in [9.17, 15) is 0 Å². The highest BCUT2D eigenvalue weighted by Gasteiger charge is 2.20. The number of rotatable bonds is 6. The van der Waals surface area contributed by atoms with Gasteiger partial charge in [0.1, 0.15) is 0 Å². The van der Waals surface area contributed by atoms with E-state index >= 15 is 0 Å². The number of aliphatic imine (C=N–C) groups is 1. The number of hydrogen-bond donors (Lipinski definition) is 2. The van der Waals surface area contributed by atoms with Crippen molar-refractivity contribution in [3.63, 3.8) is 0 Å². The first-order chi connectivity index (χ1) is 11.8. The van der Waals surface area contributed by atoms with Crippen LogP contribution in [0.5, 0.6) is 0 Å². The molecule has 3 rings (SSSR count). The summed E-state index contributed by atoms with van der Waals surface area (Å²) >= 11 is 3.96. The largest absolute Gasteiger partial charge is 0.356 e. The van der Waals surface area contributed by atoms with E-state index in [2.05, 4.69) is 49.8 Å². The molecule has 2 N–H and O–H groups in total. The first-order valence-corrected chi connectivity index (χ1v) is 11.1. The third-order valence-electron chi connectivity index (χ3n) is 4.97. The monoisotopic (exact) mass is 366 g/mol. The standard InChI is InChI=1S/C18H30N4S2/c1-19-18(21-13-16-4-2-10-23-16)20-12-15-6-8-22(9-7-15)14-17-5-3-11-24-17/h3,5,11,15-16H,2,4,6-10,12-14H2,1H3,(H2,19,20,21). The Bertz CT molecular complexity index is 489. The third kappa shape index (κ3) is 5.67. The number of likely N-dealkylation sites (tertiary alicyclic amines) is 1. The molecular weight excluding hydrogens is 336 g/mol. The Balaban J connectivity index is 1.31. The van der Waals surface area contributed by atoms with Crippen LogP contribution in [0.15, 0.2) is 22.5 Å². The number of guanidine groups is 1. The summed E-state index contributed by atoms with van der Waals surface area (Å²) in [7, 11) is 1.88. The van der Waals surface area contributed by atoms with E-state index in [0.717, 1.165) is 36.8 Å². The van der Waals surface area contributed by atoms with E-state index in [1.807, 2.05) is 18.4 Å². The van der Waals surface area contributed by atoms with Gasteiger partial charge in [0.25, 0.3) is 0 Å². The van der Waals surface area contributed by atoms with Crippen LogP contribution in [0, 0.1) is 5.92 Å². The van der Waals surface area contributed by atoms with Crippen LogP contribution in [-0.4, -0.2) is 55.1 Å². The summed E-state index contributed by atoms with van der Waals surface area (Å²) in [4.78, 5) is 8.45. The molecule has 2 fully saturated rings. The van der Waals surface area contributed by atoms with E-state index in [1.54, 1.807) is 0 Å². The van der Waals surface area contributed by atoms with Crippen molar-refractivity contribution in [1.82, 2.24) is 15.5 Å². The van der Waals surface area contributed by atoms with Gasteiger partial charge in [-0.3, -0.25) is 9.89 Å². The average molecular weight is 367 g/mol. The molecule has 1 unspecified atom stereocenters. The molecule has 0 aliphatic carbocycles. The van der Waals surface area contributed by atoms with Gasteiger partial charge in [0.05, 0.1) is 0 Å². The minimum absolute atomic E-state index is 0.768. The second kappa shape index (κ2) is 9.68. The number of hydrogen-bond acceptors (Lipinski definition) is 4. The molecule has 134 valence electrons. The molecule has 0 bridgehead atoms. The molecule has 2 aliphatic heterocycles. The molecule has 0 spiro atoms. The molecule has 0 aromatic carbocycles. The van der Waals surface area contributed by atoms with Crippen molar-refractivity contribution < 1.29 is 0 Å². The first-order valence-electron chi connectivity index (χ1n) is 9.14. The Labute approximate surface area is 154 Å². The normalized spacial score (nSPS) is 23.5. The van der Waals surface area contributed by atoms with Gasteiger partial charge in [-0.1, -0.05) is 6.07 Å². The van der Waals surface area contributed by atoms with Gasteiger partial charge in [0, 0.05) is 36.8 Å². The molecule has 24 heavy (non-hydrogen) atoms. The van der Waals surface area contributed by atoms with Crippen LogP contribution in [0.3, 0.4) is 0 Å². The summed E-state index contributed by atoms with van der Waals surface area (Å²) in [5, 5.41) is 9.98. The minimum atomic E-state index is 0.768. The minimum Gasteiger partial charge on any atom is -0.356 e. The molecule has 1 aromatic heterocycles. The lowest BCUT2D eigenvalue weighted by atomic mass is 9.97. The number of piperidine rings is 1. The summed E-state index contributed by atoms with van der Waals surface area (Å²) in [5.74, 6) is 3.06. The van der Waals surface area contributed by atoms with Crippen molar-refractivity contribution in [2.75, 3.05) is 39.0 Å². The third-order valence-corrected chi connectivity index (χ3v) is 7.23. The lowest BCUT2D eigenvalue weighted by Crippen LogP contribution is -2.44. The van der Waals surface area contributed by atoms with Gasteiger partial charge < -0.3 is 10.6 Å². The van der Waals surface area contributed by atoms with E-state index < -0.39 is 0 Å². The van der Waals surface area contributed by atoms with Gasteiger partial charge in [0.2, 0.25) is 0 Å². The van der Waals surface area contributed by atoms with Gasteiger partial charge in [-0.05, 0) is 61.9 Å².